The highest BCUT2D eigenvalue weighted by molar-refractivity contribution is 7.13. The Morgan fingerprint density at radius 1 is 0.966 bits per heavy atom. The van der Waals surface area contributed by atoms with Crippen molar-refractivity contribution in [3.63, 3.8) is 0 Å². The van der Waals surface area contributed by atoms with Gasteiger partial charge in [-0.05, 0) is 25.0 Å². The summed E-state index contributed by atoms with van der Waals surface area (Å²) < 4.78 is 0. The highest BCUT2D eigenvalue weighted by Gasteiger charge is 2.25. The van der Waals surface area contributed by atoms with Gasteiger partial charge in [-0.15, -0.1) is 11.3 Å². The van der Waals surface area contributed by atoms with Gasteiger partial charge in [-0.3, -0.25) is 9.69 Å². The average molecular weight is 406 g/mol. The molecular weight excluding hydrogens is 378 g/mol. The van der Waals surface area contributed by atoms with Crippen molar-refractivity contribution in [1.82, 2.24) is 14.8 Å². The van der Waals surface area contributed by atoms with Gasteiger partial charge in [0.2, 0.25) is 0 Å². The summed E-state index contributed by atoms with van der Waals surface area (Å²) in [5.41, 5.74) is 4.72. The largest absolute Gasteiger partial charge is 0.335 e. The van der Waals surface area contributed by atoms with E-state index >= 15 is 0 Å². The van der Waals surface area contributed by atoms with E-state index in [1.165, 1.54) is 16.7 Å². The third kappa shape index (κ3) is 4.92. The molecule has 0 unspecified atom stereocenters. The van der Waals surface area contributed by atoms with Gasteiger partial charge in [0, 0.05) is 39.1 Å². The van der Waals surface area contributed by atoms with Crippen LogP contribution < -0.4 is 0 Å². The number of amides is 1. The molecule has 1 amide bonds. The molecular formula is C24H27N3OS. The molecule has 29 heavy (non-hydrogen) atoms. The minimum Gasteiger partial charge on any atom is -0.335 e. The molecule has 2 heterocycles. The highest BCUT2D eigenvalue weighted by Crippen LogP contribution is 2.23. The van der Waals surface area contributed by atoms with E-state index in [0.717, 1.165) is 54.7 Å². The SMILES string of the molecule is Cc1cccc(CN2CCN(C(=O)c3sc(Cc4ccccc4)nc3C)CC2)c1. The van der Waals surface area contributed by atoms with Crippen molar-refractivity contribution in [3.8, 4) is 0 Å². The maximum Gasteiger partial charge on any atom is 0.265 e. The van der Waals surface area contributed by atoms with Crippen LogP contribution in [0.2, 0.25) is 0 Å². The molecule has 1 aliphatic rings. The van der Waals surface area contributed by atoms with Crippen LogP contribution in [-0.4, -0.2) is 46.9 Å². The summed E-state index contributed by atoms with van der Waals surface area (Å²) in [6.45, 7) is 8.40. The first kappa shape index (κ1) is 19.8. The van der Waals surface area contributed by atoms with Gasteiger partial charge in [-0.1, -0.05) is 60.2 Å². The topological polar surface area (TPSA) is 36.4 Å². The molecule has 0 atom stereocenters. The third-order valence-electron chi connectivity index (χ3n) is 5.38. The standard InChI is InChI=1S/C24H27N3OS/c1-18-7-6-10-21(15-18)17-26-11-13-27(14-12-26)24(28)23-19(2)25-22(29-23)16-20-8-4-3-5-9-20/h3-10,15H,11-14,16-17H2,1-2H3. The maximum atomic E-state index is 13.1. The molecule has 0 spiro atoms. The Morgan fingerprint density at radius 3 is 2.41 bits per heavy atom. The molecule has 0 radical (unpaired) electrons. The van der Waals surface area contributed by atoms with Crippen LogP contribution in [0.25, 0.3) is 0 Å². The molecule has 150 valence electrons. The van der Waals surface area contributed by atoms with E-state index in [0.29, 0.717) is 0 Å². The second-order valence-corrected chi connectivity index (χ2v) is 8.83. The monoisotopic (exact) mass is 405 g/mol. The van der Waals surface area contributed by atoms with Gasteiger partial charge in [-0.2, -0.15) is 0 Å². The lowest BCUT2D eigenvalue weighted by molar-refractivity contribution is 0.0632. The summed E-state index contributed by atoms with van der Waals surface area (Å²) in [7, 11) is 0. The summed E-state index contributed by atoms with van der Waals surface area (Å²) in [5, 5.41) is 1.01. The lowest BCUT2D eigenvalue weighted by atomic mass is 10.1. The zero-order chi connectivity index (χ0) is 20.2. The summed E-state index contributed by atoms with van der Waals surface area (Å²) in [4.78, 5) is 22.9. The first-order chi connectivity index (χ1) is 14.1. The number of hydrogen-bond acceptors (Lipinski definition) is 4. The number of aromatic nitrogens is 1. The summed E-state index contributed by atoms with van der Waals surface area (Å²) in [6, 6.07) is 19.0. The number of benzene rings is 2. The van der Waals surface area contributed by atoms with Crippen molar-refractivity contribution >= 4 is 17.2 Å². The van der Waals surface area contributed by atoms with Crippen molar-refractivity contribution in [1.29, 1.82) is 0 Å². The second kappa shape index (κ2) is 8.89. The zero-order valence-corrected chi connectivity index (χ0v) is 17.9. The van der Waals surface area contributed by atoms with E-state index in [4.69, 9.17) is 0 Å². The molecule has 0 bridgehead atoms. The number of rotatable bonds is 5. The fourth-order valence-electron chi connectivity index (χ4n) is 3.82. The molecule has 1 aliphatic heterocycles. The Kier molecular flexibility index (Phi) is 6.07. The second-order valence-electron chi connectivity index (χ2n) is 7.74. The fraction of sp³-hybridized carbons (Fsp3) is 0.333. The number of aryl methyl sites for hydroxylation is 2. The molecule has 1 aromatic heterocycles. The molecule has 4 rings (SSSR count). The van der Waals surface area contributed by atoms with Crippen molar-refractivity contribution < 1.29 is 4.79 Å². The van der Waals surface area contributed by atoms with E-state index in [9.17, 15) is 4.79 Å². The summed E-state index contributed by atoms with van der Waals surface area (Å²) in [5.74, 6) is 0.134. The van der Waals surface area contributed by atoms with Crippen LogP contribution in [0.3, 0.4) is 0 Å². The van der Waals surface area contributed by atoms with Crippen LogP contribution >= 0.6 is 11.3 Å². The van der Waals surface area contributed by atoms with Gasteiger partial charge in [0.15, 0.2) is 0 Å². The van der Waals surface area contributed by atoms with Crippen molar-refractivity contribution in [2.45, 2.75) is 26.8 Å². The number of carbonyl (C=O) groups excluding carboxylic acids is 1. The van der Waals surface area contributed by atoms with Crippen LogP contribution in [0.1, 0.15) is 37.1 Å². The molecule has 0 aliphatic carbocycles. The predicted molar refractivity (Wildman–Crippen MR) is 118 cm³/mol. The van der Waals surface area contributed by atoms with Gasteiger partial charge in [0.1, 0.15) is 4.88 Å². The summed E-state index contributed by atoms with van der Waals surface area (Å²) >= 11 is 1.55. The Morgan fingerprint density at radius 2 is 1.69 bits per heavy atom. The van der Waals surface area contributed by atoms with Crippen LogP contribution in [0.4, 0.5) is 0 Å². The fourth-order valence-corrected chi connectivity index (χ4v) is 4.88. The Hall–Kier alpha value is -2.50. The Balaban J connectivity index is 1.36. The quantitative estimate of drug-likeness (QED) is 0.635. The first-order valence-corrected chi connectivity index (χ1v) is 11.0. The van der Waals surface area contributed by atoms with E-state index in [2.05, 4.69) is 53.2 Å². The first-order valence-electron chi connectivity index (χ1n) is 10.2. The number of hydrogen-bond donors (Lipinski definition) is 0. The number of nitrogens with zero attached hydrogens (tertiary/aromatic N) is 3. The predicted octanol–water partition coefficient (Wildman–Crippen LogP) is 4.31. The molecule has 5 heteroatoms. The van der Waals surface area contributed by atoms with E-state index in [1.54, 1.807) is 11.3 Å². The maximum absolute atomic E-state index is 13.1. The van der Waals surface area contributed by atoms with Crippen molar-refractivity contribution in [2.24, 2.45) is 0 Å². The third-order valence-corrected chi connectivity index (χ3v) is 6.53. The molecule has 2 aromatic carbocycles. The Bertz CT molecular complexity index is 975. The van der Waals surface area contributed by atoms with Crippen LogP contribution in [0.5, 0.6) is 0 Å². The minimum atomic E-state index is 0.134. The molecule has 3 aromatic rings. The van der Waals surface area contributed by atoms with Crippen molar-refractivity contribution in [3.05, 3.63) is 86.9 Å². The average Bonchev–Trinajstić information content (AvgIpc) is 3.09. The minimum absolute atomic E-state index is 0.134. The van der Waals surface area contributed by atoms with Crippen LogP contribution in [-0.2, 0) is 13.0 Å². The lowest BCUT2D eigenvalue weighted by Gasteiger charge is -2.34. The molecule has 0 saturated carbocycles. The molecule has 1 saturated heterocycles. The van der Waals surface area contributed by atoms with Crippen LogP contribution in [0.15, 0.2) is 54.6 Å². The van der Waals surface area contributed by atoms with E-state index < -0.39 is 0 Å². The van der Waals surface area contributed by atoms with Crippen LogP contribution in [0, 0.1) is 13.8 Å². The van der Waals surface area contributed by atoms with Gasteiger partial charge >= 0.3 is 0 Å². The molecule has 0 N–H and O–H groups in total. The van der Waals surface area contributed by atoms with E-state index in [-0.39, 0.29) is 5.91 Å². The van der Waals surface area contributed by atoms with Gasteiger partial charge in [0.05, 0.1) is 10.7 Å². The highest BCUT2D eigenvalue weighted by atomic mass is 32.1. The molecule has 4 nitrogen and oxygen atoms in total. The number of piperazine rings is 1. The van der Waals surface area contributed by atoms with E-state index in [1.807, 2.05) is 30.0 Å². The number of thiazole rings is 1. The summed E-state index contributed by atoms with van der Waals surface area (Å²) in [6.07, 6.45) is 0.782. The molecule has 1 fully saturated rings. The Labute approximate surface area is 176 Å². The zero-order valence-electron chi connectivity index (χ0n) is 17.1. The smallest absolute Gasteiger partial charge is 0.265 e. The number of carbonyl (C=O) groups is 1. The van der Waals surface area contributed by atoms with Gasteiger partial charge in [0.25, 0.3) is 5.91 Å². The van der Waals surface area contributed by atoms with Crippen molar-refractivity contribution in [2.75, 3.05) is 26.2 Å². The van der Waals surface area contributed by atoms with Gasteiger partial charge < -0.3 is 4.90 Å². The van der Waals surface area contributed by atoms with Gasteiger partial charge in [-0.25, -0.2) is 4.98 Å². The lowest BCUT2D eigenvalue weighted by Crippen LogP contribution is -2.48. The normalized spacial score (nSPS) is 14.9.